The van der Waals surface area contributed by atoms with E-state index in [9.17, 15) is 40.5 Å². The lowest BCUT2D eigenvalue weighted by molar-refractivity contribution is -0.137. The number of hydrogen-bond acceptors (Lipinski definition) is 21. The van der Waals surface area contributed by atoms with Crippen molar-refractivity contribution in [3.63, 3.8) is 0 Å². The Morgan fingerprint density at radius 1 is 0.550 bits per heavy atom. The normalized spacial score (nSPS) is 21.0. The highest BCUT2D eigenvalue weighted by molar-refractivity contribution is 6.32. The van der Waals surface area contributed by atoms with Gasteiger partial charge < -0.3 is 97.8 Å². The lowest BCUT2D eigenvalue weighted by atomic mass is 9.87. The SMILES string of the molecule is CCCCc1ccc(CN2CCN(Cc3c(O)cc4c(c3O)-c3cc(ccc3O)[C@H]3NC(=O)[C@@H]5NC(=O)[C@H]6NC(=O)[C@@H](Cc7ccc(c(Cl)c7)Oc7cc5cc(c7O)Oc5ccc(cc5Cl)[C@@H](O)[C@H](NC3=O)C(=O)N[C@@H]4C(=O)NCCCN(C)C)NC(=O)[C@@H](N)c3ccc(O)c(c3)Oc3cc(O)cc6c3)CC2)cc1. The van der Waals surface area contributed by atoms with Crippen molar-refractivity contribution in [1.82, 2.24) is 51.9 Å². The molecule has 8 aromatic rings. The number of rotatable bonds is 12. The number of phenolic OH excluding ortho intramolecular Hbond substituents is 6. The number of ether oxygens (including phenoxy) is 3. The molecule has 28 nitrogen and oxygen atoms in total. The number of aryl methyl sites for hydroxylation is 1. The van der Waals surface area contributed by atoms with Crippen molar-refractivity contribution in [2.24, 2.45) is 5.73 Å². The maximum absolute atomic E-state index is 16.2. The van der Waals surface area contributed by atoms with E-state index >= 15 is 28.8 Å². The van der Waals surface area contributed by atoms with Gasteiger partial charge in [0.1, 0.15) is 88.6 Å². The Balaban J connectivity index is 0.964. The van der Waals surface area contributed by atoms with Crippen LogP contribution >= 0.6 is 23.2 Å². The van der Waals surface area contributed by atoms with Gasteiger partial charge in [-0.25, -0.2) is 0 Å². The summed E-state index contributed by atoms with van der Waals surface area (Å²) in [5, 5.41) is 103. The van der Waals surface area contributed by atoms with E-state index in [2.05, 4.69) is 73.3 Å². The van der Waals surface area contributed by atoms with E-state index in [-0.39, 0.29) is 103 Å². The highest BCUT2D eigenvalue weighted by atomic mass is 35.5. The van der Waals surface area contributed by atoms with Crippen molar-refractivity contribution in [2.45, 2.75) is 101 Å². The lowest BCUT2D eigenvalue weighted by Gasteiger charge is -2.35. The van der Waals surface area contributed by atoms with Crippen LogP contribution in [0.5, 0.6) is 69.0 Å². The molecular formula is C79H81Cl2N11O17. The second-order valence-corrected chi connectivity index (χ2v) is 28.8. The number of aromatic hydroxyl groups is 6. The van der Waals surface area contributed by atoms with Crippen LogP contribution in [0.2, 0.25) is 10.0 Å². The van der Waals surface area contributed by atoms with E-state index in [1.54, 1.807) is 0 Å². The number of nitrogens with zero attached hydrogens (tertiary/aromatic N) is 3. The smallest absolute Gasteiger partial charge is 0.248 e. The minimum absolute atomic E-state index is 0.0420. The number of benzene rings is 8. The average molecular weight is 1530 g/mol. The van der Waals surface area contributed by atoms with Crippen LogP contribution in [0.4, 0.5) is 0 Å². The third-order valence-electron chi connectivity index (χ3n) is 19.9. The number of aliphatic hydroxyl groups excluding tert-OH is 1. The van der Waals surface area contributed by atoms with Crippen molar-refractivity contribution in [1.29, 1.82) is 0 Å². The van der Waals surface area contributed by atoms with Crippen molar-refractivity contribution in [3.8, 4) is 80.1 Å². The van der Waals surface area contributed by atoms with Crippen molar-refractivity contribution in [3.05, 3.63) is 199 Å². The molecule has 0 aromatic heterocycles. The van der Waals surface area contributed by atoms with Gasteiger partial charge in [0, 0.05) is 69.4 Å². The van der Waals surface area contributed by atoms with Crippen LogP contribution < -0.4 is 57.2 Å². The highest BCUT2D eigenvalue weighted by Gasteiger charge is 2.42. The molecular weight excluding hydrogens is 1450 g/mol. The van der Waals surface area contributed by atoms with Crippen molar-refractivity contribution in [2.75, 3.05) is 53.4 Å². The molecule has 568 valence electrons. The molecule has 8 aromatic carbocycles. The average Bonchev–Trinajstić information content (AvgIpc) is 0.755. The Morgan fingerprint density at radius 2 is 1.15 bits per heavy atom. The van der Waals surface area contributed by atoms with Gasteiger partial charge in [0.2, 0.25) is 47.1 Å². The molecule has 0 unspecified atom stereocenters. The number of unbranched alkanes of at least 4 members (excludes halogenated alkanes) is 1. The molecule has 7 amide bonds. The Hall–Kier alpha value is -11.4. The van der Waals surface area contributed by atoms with Crippen molar-refractivity contribution >= 4 is 64.6 Å². The van der Waals surface area contributed by atoms with Gasteiger partial charge in [-0.3, -0.25) is 43.4 Å². The number of nitrogens with one attached hydrogen (secondary N) is 7. The standard InChI is InChI=1S/C79H81Cl2N11O17/c1-4-5-7-39-8-10-40(11-9-39)37-91-22-24-92(25-23-91)38-51-57(96)36-50-63(71(51)98)49-30-43(14-16-55(49)94)65-76(103)89-69(79(106)88-68(50)75(102)83-20-6-21-90(2)3)70(97)44-15-19-59(53(81)31-44)109-62-34-46-33-61(72(62)99)108-58-18-12-41(26-52(58)80)27-54-73(100)85-66(77(104)87-67(46)78(105)86-65)45-28-47(93)35-48(29-45)107-60-32-42(13-17-56(60)95)64(82)74(101)84-54/h8-19,26,28-36,54,64-70,93-99H,4-7,20-25,27,37-38,82H2,1-3H3,(H,83,102)(H,84,101)(H,85,100)(H,86,105)(H,87,104)(H,88,106)(H,89,103)/t54-,64+,65-,66+,67-,68+,69+,70-/m1/s1. The van der Waals surface area contributed by atoms with Gasteiger partial charge in [-0.15, -0.1) is 0 Å². The number of phenols is 6. The van der Waals surface area contributed by atoms with Crippen LogP contribution in [0.3, 0.4) is 0 Å². The molecule has 109 heavy (non-hydrogen) atoms. The zero-order valence-corrected chi connectivity index (χ0v) is 60.9. The summed E-state index contributed by atoms with van der Waals surface area (Å²) in [4.78, 5) is 114. The molecule has 17 bridgehead atoms. The highest BCUT2D eigenvalue weighted by Crippen LogP contribution is 2.50. The van der Waals surface area contributed by atoms with Gasteiger partial charge in [-0.2, -0.15) is 0 Å². The molecule has 1 saturated heterocycles. The molecule has 0 spiro atoms. The maximum Gasteiger partial charge on any atom is 0.248 e. The number of aliphatic hydroxyl groups is 1. The molecule has 1 fully saturated rings. The molecule has 15 rings (SSSR count). The summed E-state index contributed by atoms with van der Waals surface area (Å²) in [5.41, 5.74) is 7.56. The fourth-order valence-electron chi connectivity index (χ4n) is 14.0. The number of carbonyl (C=O) groups is 7. The number of fused-ring (bicyclic) bond motifs is 14. The summed E-state index contributed by atoms with van der Waals surface area (Å²) in [6.07, 6.45) is 1.14. The summed E-state index contributed by atoms with van der Waals surface area (Å²) in [6.45, 7) is 5.46. The summed E-state index contributed by atoms with van der Waals surface area (Å²) in [6, 6.07) is 17.4. The molecule has 8 atom stereocenters. The van der Waals surface area contributed by atoms with Gasteiger partial charge in [-0.1, -0.05) is 85.1 Å². The minimum atomic E-state index is -2.17. The number of nitrogens with two attached hydrogens (primary N) is 1. The van der Waals surface area contributed by atoms with Crippen LogP contribution in [0, 0.1) is 0 Å². The first-order valence-electron chi connectivity index (χ1n) is 35.5. The number of halogens is 2. The Morgan fingerprint density at radius 3 is 1.82 bits per heavy atom. The minimum Gasteiger partial charge on any atom is -0.508 e. The van der Waals surface area contributed by atoms with E-state index in [0.717, 1.165) is 55.2 Å². The topological polar surface area (TPSA) is 409 Å². The van der Waals surface area contributed by atoms with Crippen LogP contribution in [0.1, 0.15) is 118 Å². The molecule has 0 aliphatic carbocycles. The number of carbonyl (C=O) groups excluding carboxylic acids is 7. The molecule has 7 heterocycles. The van der Waals surface area contributed by atoms with Gasteiger partial charge in [0.05, 0.1) is 15.6 Å². The number of piperazine rings is 1. The van der Waals surface area contributed by atoms with Gasteiger partial charge in [0.25, 0.3) is 0 Å². The fourth-order valence-corrected chi connectivity index (χ4v) is 14.4. The monoisotopic (exact) mass is 1530 g/mol. The van der Waals surface area contributed by atoms with E-state index in [0.29, 0.717) is 51.3 Å². The summed E-state index contributed by atoms with van der Waals surface area (Å²) >= 11 is 14.0. The first-order chi connectivity index (χ1) is 52.2. The zero-order chi connectivity index (χ0) is 77.2. The zero-order valence-electron chi connectivity index (χ0n) is 59.4. The number of hydrogen-bond donors (Lipinski definition) is 15. The first kappa shape index (κ1) is 75.8. The molecule has 0 radical (unpaired) electrons. The van der Waals surface area contributed by atoms with E-state index in [4.69, 9.17) is 43.1 Å². The summed E-state index contributed by atoms with van der Waals surface area (Å²) in [5.74, 6) is -13.2. The summed E-state index contributed by atoms with van der Waals surface area (Å²) in [7, 11) is 3.67. The Labute approximate surface area is 635 Å². The van der Waals surface area contributed by atoms with Gasteiger partial charge in [0.15, 0.2) is 23.0 Å². The predicted octanol–water partition coefficient (Wildman–Crippen LogP) is 7.63. The van der Waals surface area contributed by atoms with Crippen LogP contribution in [0.15, 0.2) is 133 Å². The predicted molar refractivity (Wildman–Crippen MR) is 399 cm³/mol. The second-order valence-electron chi connectivity index (χ2n) is 27.9. The van der Waals surface area contributed by atoms with Crippen LogP contribution in [-0.4, -0.2) is 157 Å². The Kier molecular flexibility index (Phi) is 22.4. The van der Waals surface area contributed by atoms with E-state index in [1.807, 2.05) is 23.9 Å². The summed E-state index contributed by atoms with van der Waals surface area (Å²) < 4.78 is 18.8. The Bertz CT molecular complexity index is 4900. The number of amides is 7. The van der Waals surface area contributed by atoms with E-state index in [1.165, 1.54) is 84.4 Å². The second kappa shape index (κ2) is 32.2. The van der Waals surface area contributed by atoms with Gasteiger partial charge >= 0.3 is 0 Å². The van der Waals surface area contributed by atoms with E-state index < -0.39 is 136 Å². The third kappa shape index (κ3) is 16.7. The van der Waals surface area contributed by atoms with Crippen LogP contribution in [-0.2, 0) is 59.5 Å². The molecule has 7 aliphatic rings. The fraction of sp³-hybridized carbons (Fsp3) is 0.304. The quantitative estimate of drug-likeness (QED) is 0.0523. The van der Waals surface area contributed by atoms with Gasteiger partial charge in [-0.05, 0) is 169 Å². The van der Waals surface area contributed by atoms with Crippen LogP contribution in [0.25, 0.3) is 11.1 Å². The molecule has 0 saturated carbocycles. The first-order valence-corrected chi connectivity index (χ1v) is 36.3. The largest absolute Gasteiger partial charge is 0.508 e. The third-order valence-corrected chi connectivity index (χ3v) is 20.5. The molecule has 30 heteroatoms. The maximum atomic E-state index is 16.2. The lowest BCUT2D eigenvalue weighted by Crippen LogP contribution is -2.56. The molecule has 16 N–H and O–H groups in total. The molecule has 7 aliphatic heterocycles. The van der Waals surface area contributed by atoms with Crippen molar-refractivity contribution < 1.29 is 83.5 Å².